The van der Waals surface area contributed by atoms with E-state index >= 15 is 0 Å². The van der Waals surface area contributed by atoms with Crippen LogP contribution in [0.3, 0.4) is 0 Å². The molecule has 1 aromatic rings. The summed E-state index contributed by atoms with van der Waals surface area (Å²) >= 11 is 4.96. The standard InChI is InChI=1S/C13H19NO3S/c1-9(4-5-15-2)17-12-7-10(13(14)18)6-11(8-12)16-3/h6-9H,4-5H2,1-3H3,(H2,14,18). The summed E-state index contributed by atoms with van der Waals surface area (Å²) in [5, 5.41) is 0. The average Bonchev–Trinajstić information content (AvgIpc) is 2.35. The van der Waals surface area contributed by atoms with Crippen LogP contribution in [0.1, 0.15) is 18.9 Å². The zero-order valence-electron chi connectivity index (χ0n) is 10.9. The van der Waals surface area contributed by atoms with Gasteiger partial charge in [-0.05, 0) is 19.1 Å². The fourth-order valence-corrected chi connectivity index (χ4v) is 1.59. The van der Waals surface area contributed by atoms with Crippen LogP contribution in [0.5, 0.6) is 11.5 Å². The Kier molecular flexibility index (Phi) is 5.88. The van der Waals surface area contributed by atoms with Crippen molar-refractivity contribution in [3.05, 3.63) is 23.8 Å². The van der Waals surface area contributed by atoms with E-state index in [9.17, 15) is 0 Å². The normalized spacial score (nSPS) is 11.9. The molecular formula is C13H19NO3S. The topological polar surface area (TPSA) is 53.7 Å². The number of hydrogen-bond acceptors (Lipinski definition) is 4. The number of benzene rings is 1. The number of ether oxygens (including phenoxy) is 3. The summed E-state index contributed by atoms with van der Waals surface area (Å²) in [6, 6.07) is 5.41. The lowest BCUT2D eigenvalue weighted by atomic mass is 10.2. The van der Waals surface area contributed by atoms with Crippen molar-refractivity contribution >= 4 is 17.2 Å². The number of thiocarbonyl (C=S) groups is 1. The molecule has 1 atom stereocenters. The average molecular weight is 269 g/mol. The highest BCUT2D eigenvalue weighted by Crippen LogP contribution is 2.24. The molecule has 1 aromatic carbocycles. The molecule has 0 spiro atoms. The van der Waals surface area contributed by atoms with Gasteiger partial charge in [0.1, 0.15) is 16.5 Å². The number of methoxy groups -OCH3 is 2. The van der Waals surface area contributed by atoms with Crippen LogP contribution in [-0.4, -0.2) is 31.9 Å². The van der Waals surface area contributed by atoms with E-state index in [1.807, 2.05) is 19.1 Å². The molecule has 2 N–H and O–H groups in total. The first-order valence-electron chi connectivity index (χ1n) is 5.71. The molecule has 0 fully saturated rings. The minimum Gasteiger partial charge on any atom is -0.497 e. The van der Waals surface area contributed by atoms with Crippen molar-refractivity contribution in [1.29, 1.82) is 0 Å². The van der Waals surface area contributed by atoms with Gasteiger partial charge in [0.05, 0.1) is 13.2 Å². The second-order valence-electron chi connectivity index (χ2n) is 3.97. The second-order valence-corrected chi connectivity index (χ2v) is 4.41. The van der Waals surface area contributed by atoms with Gasteiger partial charge in [-0.2, -0.15) is 0 Å². The molecule has 0 saturated carbocycles. The fourth-order valence-electron chi connectivity index (χ4n) is 1.47. The van der Waals surface area contributed by atoms with Crippen LogP contribution in [0.25, 0.3) is 0 Å². The summed E-state index contributed by atoms with van der Waals surface area (Å²) in [5.74, 6) is 1.37. The summed E-state index contributed by atoms with van der Waals surface area (Å²) < 4.78 is 16.0. The molecular weight excluding hydrogens is 250 g/mol. The first-order valence-corrected chi connectivity index (χ1v) is 6.12. The largest absolute Gasteiger partial charge is 0.497 e. The van der Waals surface area contributed by atoms with Gasteiger partial charge in [0.25, 0.3) is 0 Å². The summed E-state index contributed by atoms with van der Waals surface area (Å²) in [6.45, 7) is 2.65. The lowest BCUT2D eigenvalue weighted by molar-refractivity contribution is 0.135. The second kappa shape index (κ2) is 7.18. The molecule has 1 unspecified atom stereocenters. The third-order valence-corrected chi connectivity index (χ3v) is 2.70. The SMILES string of the molecule is COCCC(C)Oc1cc(OC)cc(C(N)=S)c1. The van der Waals surface area contributed by atoms with Gasteiger partial charge >= 0.3 is 0 Å². The Morgan fingerprint density at radius 1 is 1.28 bits per heavy atom. The van der Waals surface area contributed by atoms with Crippen LogP contribution < -0.4 is 15.2 Å². The maximum atomic E-state index is 5.77. The number of nitrogens with two attached hydrogens (primary N) is 1. The molecule has 5 heteroatoms. The van der Waals surface area contributed by atoms with E-state index in [1.165, 1.54) is 0 Å². The lowest BCUT2D eigenvalue weighted by Crippen LogP contribution is -2.15. The zero-order chi connectivity index (χ0) is 13.5. The van der Waals surface area contributed by atoms with Crippen molar-refractivity contribution in [1.82, 2.24) is 0 Å². The number of hydrogen-bond donors (Lipinski definition) is 1. The molecule has 0 saturated heterocycles. The van der Waals surface area contributed by atoms with E-state index in [2.05, 4.69) is 0 Å². The predicted octanol–water partition coefficient (Wildman–Crippen LogP) is 2.13. The van der Waals surface area contributed by atoms with Crippen LogP contribution >= 0.6 is 12.2 Å². The van der Waals surface area contributed by atoms with E-state index in [1.54, 1.807) is 20.3 Å². The van der Waals surface area contributed by atoms with Crippen molar-refractivity contribution in [3.8, 4) is 11.5 Å². The molecule has 0 aliphatic heterocycles. The lowest BCUT2D eigenvalue weighted by Gasteiger charge is -2.16. The Labute approximate surface area is 113 Å². The smallest absolute Gasteiger partial charge is 0.124 e. The molecule has 0 amide bonds. The van der Waals surface area contributed by atoms with Gasteiger partial charge in [-0.25, -0.2) is 0 Å². The van der Waals surface area contributed by atoms with Gasteiger partial charge in [0.15, 0.2) is 0 Å². The molecule has 0 aromatic heterocycles. The Bertz CT molecular complexity index is 409. The van der Waals surface area contributed by atoms with Crippen LogP contribution in [0.2, 0.25) is 0 Å². The first kappa shape index (κ1) is 14.7. The Morgan fingerprint density at radius 3 is 2.50 bits per heavy atom. The maximum absolute atomic E-state index is 5.77. The van der Waals surface area contributed by atoms with Crippen LogP contribution in [-0.2, 0) is 4.74 Å². The zero-order valence-corrected chi connectivity index (χ0v) is 11.8. The molecule has 0 radical (unpaired) electrons. The molecule has 0 heterocycles. The van der Waals surface area contributed by atoms with E-state index in [0.29, 0.717) is 23.1 Å². The highest BCUT2D eigenvalue weighted by Gasteiger charge is 2.08. The van der Waals surface area contributed by atoms with Gasteiger partial charge in [0, 0.05) is 31.8 Å². The molecule has 0 aliphatic carbocycles. The Hall–Kier alpha value is -1.33. The highest BCUT2D eigenvalue weighted by molar-refractivity contribution is 7.80. The quantitative estimate of drug-likeness (QED) is 0.769. The molecule has 100 valence electrons. The Balaban J connectivity index is 2.81. The number of rotatable bonds is 7. The fraction of sp³-hybridized carbons (Fsp3) is 0.462. The molecule has 18 heavy (non-hydrogen) atoms. The van der Waals surface area contributed by atoms with Crippen LogP contribution in [0.4, 0.5) is 0 Å². The van der Waals surface area contributed by atoms with Gasteiger partial charge < -0.3 is 19.9 Å². The minimum absolute atomic E-state index is 0.0521. The highest BCUT2D eigenvalue weighted by atomic mass is 32.1. The summed E-state index contributed by atoms with van der Waals surface area (Å²) in [4.78, 5) is 0.322. The monoisotopic (exact) mass is 269 g/mol. The molecule has 4 nitrogen and oxygen atoms in total. The van der Waals surface area contributed by atoms with Crippen molar-refractivity contribution in [2.45, 2.75) is 19.4 Å². The van der Waals surface area contributed by atoms with Gasteiger partial charge in [-0.3, -0.25) is 0 Å². The third kappa shape index (κ3) is 4.50. The van der Waals surface area contributed by atoms with E-state index in [0.717, 1.165) is 12.0 Å². The van der Waals surface area contributed by atoms with Crippen molar-refractivity contribution in [2.24, 2.45) is 5.73 Å². The van der Waals surface area contributed by atoms with Crippen molar-refractivity contribution in [2.75, 3.05) is 20.8 Å². The predicted molar refractivity (Wildman–Crippen MR) is 75.5 cm³/mol. The van der Waals surface area contributed by atoms with Crippen LogP contribution in [0.15, 0.2) is 18.2 Å². The molecule has 0 aliphatic rings. The van der Waals surface area contributed by atoms with E-state index in [-0.39, 0.29) is 6.10 Å². The van der Waals surface area contributed by atoms with Crippen molar-refractivity contribution < 1.29 is 14.2 Å². The van der Waals surface area contributed by atoms with E-state index < -0.39 is 0 Å². The third-order valence-electron chi connectivity index (χ3n) is 2.47. The van der Waals surface area contributed by atoms with E-state index in [4.69, 9.17) is 32.2 Å². The van der Waals surface area contributed by atoms with Gasteiger partial charge in [0.2, 0.25) is 0 Å². The maximum Gasteiger partial charge on any atom is 0.124 e. The minimum atomic E-state index is 0.0521. The Morgan fingerprint density at radius 2 is 1.94 bits per heavy atom. The molecule has 1 rings (SSSR count). The first-order chi connectivity index (χ1) is 8.56. The van der Waals surface area contributed by atoms with Gasteiger partial charge in [-0.1, -0.05) is 12.2 Å². The summed E-state index contributed by atoms with van der Waals surface area (Å²) in [6.07, 6.45) is 0.868. The van der Waals surface area contributed by atoms with Crippen LogP contribution in [0, 0.1) is 0 Å². The summed E-state index contributed by atoms with van der Waals surface area (Å²) in [7, 11) is 3.26. The van der Waals surface area contributed by atoms with Gasteiger partial charge in [-0.15, -0.1) is 0 Å². The summed E-state index contributed by atoms with van der Waals surface area (Å²) in [5.41, 5.74) is 6.35. The van der Waals surface area contributed by atoms with Crippen molar-refractivity contribution in [3.63, 3.8) is 0 Å². The molecule has 0 bridgehead atoms.